The first-order valence-electron chi connectivity index (χ1n) is 28.9. The van der Waals surface area contributed by atoms with Gasteiger partial charge in [0.15, 0.2) is 17.5 Å². The van der Waals surface area contributed by atoms with E-state index in [0.29, 0.717) is 24.0 Å². The van der Waals surface area contributed by atoms with Crippen molar-refractivity contribution in [3.05, 3.63) is 114 Å². The number of aliphatic hydroxyl groups excluding tert-OH is 2. The Bertz CT molecular complexity index is 3070. The van der Waals surface area contributed by atoms with Gasteiger partial charge in [0.05, 0.1) is 36.6 Å². The number of amides is 7. The average molecular weight is 1190 g/mol. The minimum absolute atomic E-state index is 0.00957. The summed E-state index contributed by atoms with van der Waals surface area (Å²) in [6, 6.07) is 15.6. The van der Waals surface area contributed by atoms with Crippen LogP contribution in [0.15, 0.2) is 102 Å². The number of aliphatic hydroxyl groups is 2. The fraction of sp³-hybridized carbons (Fsp3) is 0.468. The third-order valence-electron chi connectivity index (χ3n) is 15.0. The van der Waals surface area contributed by atoms with Crippen molar-refractivity contribution in [2.75, 3.05) is 13.1 Å². The number of phenols is 1. The van der Waals surface area contributed by atoms with E-state index >= 15 is 0 Å². The number of Topliss-reactive ketones (excluding diaryl/α,β-unsaturated/α-hetero) is 3. The van der Waals surface area contributed by atoms with Gasteiger partial charge in [-0.05, 0) is 79.8 Å². The molecule has 24 heteroatoms. The second-order valence-electron chi connectivity index (χ2n) is 22.5. The predicted octanol–water partition coefficient (Wildman–Crippen LogP) is 1.34. The standard InChI is InChI=1S/C62H83N11O13/c1-35(2)25-40(54(79)29-41(16-12-24-67-62(65)66)58(83)72-50(57(64)82)28-42-33-68-47-18-10-9-17-45(42)47)15-8-11-19-53(78)48(26-38-13-6-5-7-14-38)70-59(84)46(36(3)74)31-55(80)49(32-56(63)81)71-60(85)52-30-44(77)34-73(52)61(86)51(69-37(4)75)27-39-20-22-43(76)23-21-39/h5-10,13-15,17-18,20-23,33,35-36,40-41,44,46,48-52,68,74,76-77H,11-12,16,19,24-32,34H2,1-4H3,(H2,63,81)(H2,64,82)(H,69,75)(H,70,84)(H,71,85)(H,72,83)(H4,65,66,67)/b15-8+/t36-,40+,41-,44-,46+,48+,49+,50+,51-,52+/m1/s1. The topological polar surface area (TPSA) is 415 Å². The normalized spacial score (nSPS) is 16.8. The number of para-hydroxylation sites is 1. The maximum atomic E-state index is 14.2. The van der Waals surface area contributed by atoms with Crippen LogP contribution in [-0.2, 0) is 67.2 Å². The van der Waals surface area contributed by atoms with Crippen molar-refractivity contribution < 1.29 is 63.3 Å². The van der Waals surface area contributed by atoms with Gasteiger partial charge in [0, 0.05) is 87.5 Å². The Balaban J connectivity index is 1.28. The highest BCUT2D eigenvalue weighted by Crippen LogP contribution is 2.26. The minimum Gasteiger partial charge on any atom is -0.508 e. The molecule has 1 aliphatic heterocycles. The maximum Gasteiger partial charge on any atom is 0.246 e. The van der Waals surface area contributed by atoms with Crippen molar-refractivity contribution in [2.45, 2.75) is 147 Å². The number of β-amino-alcohol motifs (C(OH)–C–C–N with tert-alkyl or cyclic N) is 1. The Morgan fingerprint density at radius 1 is 0.733 bits per heavy atom. The van der Waals surface area contributed by atoms with Crippen molar-refractivity contribution in [1.82, 2.24) is 31.2 Å². The van der Waals surface area contributed by atoms with E-state index in [1.54, 1.807) is 60.8 Å². The first-order chi connectivity index (χ1) is 40.8. The number of ketones is 3. The second-order valence-corrected chi connectivity index (χ2v) is 22.5. The molecule has 3 aromatic carbocycles. The summed E-state index contributed by atoms with van der Waals surface area (Å²) < 4.78 is 0. The van der Waals surface area contributed by atoms with E-state index in [4.69, 9.17) is 22.9 Å². The molecule has 86 heavy (non-hydrogen) atoms. The van der Waals surface area contributed by atoms with Gasteiger partial charge in [-0.25, -0.2) is 0 Å². The number of fused-ring (bicyclic) bond motifs is 1. The van der Waals surface area contributed by atoms with Crippen molar-refractivity contribution >= 4 is 75.6 Å². The third kappa shape index (κ3) is 21.4. The molecule has 2 heterocycles. The summed E-state index contributed by atoms with van der Waals surface area (Å²) in [5, 5.41) is 42.8. The van der Waals surface area contributed by atoms with Crippen molar-refractivity contribution in [2.24, 2.45) is 51.6 Å². The number of H-pyrrole nitrogens is 1. The number of hydrogen-bond acceptors (Lipinski definition) is 14. The quantitative estimate of drug-likeness (QED) is 0.0134. The van der Waals surface area contributed by atoms with Crippen LogP contribution in [0.1, 0.15) is 102 Å². The molecular weight excluding hydrogens is 1110 g/mol. The number of hydrogen-bond donors (Lipinski definition) is 12. The van der Waals surface area contributed by atoms with Crippen LogP contribution in [-0.4, -0.2) is 145 Å². The third-order valence-corrected chi connectivity index (χ3v) is 15.0. The number of aromatic amines is 1. The highest BCUT2D eigenvalue weighted by Gasteiger charge is 2.43. The molecule has 1 aromatic heterocycles. The van der Waals surface area contributed by atoms with Crippen molar-refractivity contribution in [1.29, 1.82) is 0 Å². The molecular formula is C62H83N11O13. The van der Waals surface area contributed by atoms with Crippen LogP contribution >= 0.6 is 0 Å². The summed E-state index contributed by atoms with van der Waals surface area (Å²) in [5.74, 6) is -10.3. The highest BCUT2D eigenvalue weighted by molar-refractivity contribution is 5.99. The first kappa shape index (κ1) is 68.0. The van der Waals surface area contributed by atoms with E-state index in [9.17, 15) is 63.3 Å². The molecule has 4 aromatic rings. The molecule has 5 rings (SSSR count). The number of phenolic OH excluding ortho intramolecular Hbond substituents is 1. The van der Waals surface area contributed by atoms with E-state index in [-0.39, 0.29) is 87.9 Å². The summed E-state index contributed by atoms with van der Waals surface area (Å²) in [7, 11) is 0. The number of primary amides is 2. The average Bonchev–Trinajstić information content (AvgIpc) is 2.61. The summed E-state index contributed by atoms with van der Waals surface area (Å²) >= 11 is 0. The number of nitrogens with zero attached hydrogens (tertiary/aromatic N) is 2. The monoisotopic (exact) mass is 1190 g/mol. The lowest BCUT2D eigenvalue weighted by atomic mass is 9.85. The van der Waals surface area contributed by atoms with Gasteiger partial charge in [0.2, 0.25) is 41.4 Å². The van der Waals surface area contributed by atoms with Gasteiger partial charge in [-0.2, -0.15) is 0 Å². The molecule has 10 atom stereocenters. The predicted molar refractivity (Wildman–Crippen MR) is 321 cm³/mol. The number of guanidine groups is 1. The summed E-state index contributed by atoms with van der Waals surface area (Å²) in [5.41, 5.74) is 25.3. The molecule has 0 unspecified atom stereocenters. The summed E-state index contributed by atoms with van der Waals surface area (Å²) in [6.45, 7) is 6.20. The Hall–Kier alpha value is -8.77. The molecule has 7 amide bonds. The first-order valence-corrected chi connectivity index (χ1v) is 28.9. The van der Waals surface area contributed by atoms with Crippen LogP contribution in [0, 0.1) is 23.7 Å². The number of benzene rings is 3. The molecule has 0 bridgehead atoms. The number of nitrogens with one attached hydrogen (secondary N) is 5. The molecule has 24 nitrogen and oxygen atoms in total. The van der Waals surface area contributed by atoms with Crippen LogP contribution in [0.5, 0.6) is 5.75 Å². The Kier molecular flexibility index (Phi) is 26.1. The number of aromatic nitrogens is 1. The maximum absolute atomic E-state index is 14.2. The van der Waals surface area contributed by atoms with Crippen LogP contribution in [0.3, 0.4) is 0 Å². The Labute approximate surface area is 499 Å². The van der Waals surface area contributed by atoms with Crippen LogP contribution in [0.2, 0.25) is 0 Å². The zero-order valence-electron chi connectivity index (χ0n) is 49.1. The molecule has 0 spiro atoms. The SMILES string of the molecule is CC(=O)N[C@H](Cc1ccc(O)cc1)C(=O)N1C[C@H](O)C[C@H]1C(=O)N[C@@H](CC(N)=O)C(=O)C[C@H](C(=O)N[C@@H](Cc1ccccc1)C(=O)CC/C=C/[C@@H](CC(C)C)C(=O)C[C@@H](CCCN=C(N)N)C(=O)N[C@@H](Cc1c[nH]c2ccccc12)C(N)=O)[C@@H](C)O. The minimum atomic E-state index is -1.67. The lowest BCUT2D eigenvalue weighted by Crippen LogP contribution is -2.56. The number of nitrogens with two attached hydrogens (primary N) is 4. The van der Waals surface area contributed by atoms with Crippen molar-refractivity contribution in [3.8, 4) is 5.75 Å². The zero-order valence-corrected chi connectivity index (χ0v) is 49.1. The Morgan fingerprint density at radius 2 is 1.38 bits per heavy atom. The van der Waals surface area contributed by atoms with Crippen LogP contribution < -0.4 is 44.2 Å². The van der Waals surface area contributed by atoms with Crippen LogP contribution in [0.25, 0.3) is 10.9 Å². The zero-order chi connectivity index (χ0) is 63.2. The lowest BCUT2D eigenvalue weighted by Gasteiger charge is -2.30. The smallest absolute Gasteiger partial charge is 0.246 e. The van der Waals surface area contributed by atoms with Crippen LogP contribution in [0.4, 0.5) is 0 Å². The van der Waals surface area contributed by atoms with E-state index < -0.39 is 126 Å². The molecule has 16 N–H and O–H groups in total. The molecule has 1 fully saturated rings. The van der Waals surface area contributed by atoms with Gasteiger partial charge in [0.25, 0.3) is 0 Å². The number of carbonyl (C=O) groups is 10. The lowest BCUT2D eigenvalue weighted by molar-refractivity contribution is -0.142. The summed E-state index contributed by atoms with van der Waals surface area (Å²) in [4.78, 5) is 144. The van der Waals surface area contributed by atoms with E-state index in [2.05, 4.69) is 31.2 Å². The Morgan fingerprint density at radius 3 is 2.02 bits per heavy atom. The second kappa shape index (κ2) is 33.1. The van der Waals surface area contributed by atoms with Crippen molar-refractivity contribution in [3.63, 3.8) is 0 Å². The molecule has 0 radical (unpaired) electrons. The molecule has 1 aliphatic rings. The summed E-state index contributed by atoms with van der Waals surface area (Å²) in [6.07, 6.45) is 1.47. The fourth-order valence-electron chi connectivity index (χ4n) is 10.5. The van der Waals surface area contributed by atoms with Gasteiger partial charge in [-0.3, -0.25) is 52.9 Å². The number of likely N-dealkylation sites (tertiary alicyclic amines) is 1. The van der Waals surface area contributed by atoms with Gasteiger partial charge >= 0.3 is 0 Å². The number of allylic oxidation sites excluding steroid dienone is 2. The number of aliphatic imine (C=N–C) groups is 1. The highest BCUT2D eigenvalue weighted by atomic mass is 16.3. The van der Waals surface area contributed by atoms with E-state index in [1.165, 1.54) is 26.0 Å². The number of carbonyl (C=O) groups excluding carboxylic acids is 10. The molecule has 1 saturated heterocycles. The number of rotatable bonds is 35. The number of aromatic hydroxyl groups is 1. The van der Waals surface area contributed by atoms with Gasteiger partial charge in [0.1, 0.15) is 29.7 Å². The van der Waals surface area contributed by atoms with E-state index in [0.717, 1.165) is 21.4 Å². The molecule has 0 saturated carbocycles. The molecule has 464 valence electrons. The van der Waals surface area contributed by atoms with Gasteiger partial charge in [-0.15, -0.1) is 0 Å². The molecule has 0 aliphatic carbocycles. The fourth-order valence-corrected chi connectivity index (χ4v) is 10.5. The largest absolute Gasteiger partial charge is 0.508 e. The van der Waals surface area contributed by atoms with E-state index in [1.807, 2.05) is 38.1 Å². The van der Waals surface area contributed by atoms with Gasteiger partial charge in [-0.1, -0.05) is 86.7 Å². The van der Waals surface area contributed by atoms with Gasteiger partial charge < -0.3 is 69.4 Å².